The highest BCUT2D eigenvalue weighted by molar-refractivity contribution is 9.10. The minimum absolute atomic E-state index is 0.328. The van der Waals surface area contributed by atoms with Gasteiger partial charge in [0.15, 0.2) is 0 Å². The number of nitrogens with one attached hydrogen (secondary N) is 1. The number of aryl methyl sites for hydroxylation is 1. The minimum atomic E-state index is 0.328. The quantitative estimate of drug-likeness (QED) is 0.769. The van der Waals surface area contributed by atoms with E-state index in [9.17, 15) is 0 Å². The molecule has 96 valence electrons. The van der Waals surface area contributed by atoms with Crippen LogP contribution >= 0.6 is 43.2 Å². The first-order valence-electron chi connectivity index (χ1n) is 5.77. The third-order valence-corrected chi connectivity index (χ3v) is 6.06. The summed E-state index contributed by atoms with van der Waals surface area (Å²) in [5.74, 6) is 0. The lowest BCUT2D eigenvalue weighted by Crippen LogP contribution is -2.19. The Bertz CT molecular complexity index is 536. The molecule has 0 radical (unpaired) electrons. The summed E-state index contributed by atoms with van der Waals surface area (Å²) in [5, 5.41) is 5.53. The van der Waals surface area contributed by atoms with Crippen LogP contribution in [-0.4, -0.2) is 7.05 Å². The van der Waals surface area contributed by atoms with E-state index in [0.29, 0.717) is 6.04 Å². The van der Waals surface area contributed by atoms with Gasteiger partial charge in [0.25, 0.3) is 0 Å². The monoisotopic (exact) mass is 387 g/mol. The molecule has 0 amide bonds. The SMILES string of the molecule is CNC(Cc1sccc1Br)c1cccc(C)c1Br. The molecule has 1 nitrogen and oxygen atoms in total. The zero-order chi connectivity index (χ0) is 13.1. The molecule has 0 saturated heterocycles. The van der Waals surface area contributed by atoms with E-state index in [1.165, 1.54) is 24.9 Å². The lowest BCUT2D eigenvalue weighted by Gasteiger charge is -2.19. The van der Waals surface area contributed by atoms with Crippen LogP contribution in [0.15, 0.2) is 38.6 Å². The van der Waals surface area contributed by atoms with E-state index in [1.54, 1.807) is 11.3 Å². The van der Waals surface area contributed by atoms with Gasteiger partial charge in [0.2, 0.25) is 0 Å². The third-order valence-electron chi connectivity index (χ3n) is 3.03. The van der Waals surface area contributed by atoms with Crippen molar-refractivity contribution in [3.63, 3.8) is 0 Å². The van der Waals surface area contributed by atoms with Crippen molar-refractivity contribution in [2.75, 3.05) is 7.05 Å². The molecule has 2 aromatic rings. The molecule has 0 spiro atoms. The van der Waals surface area contributed by atoms with E-state index in [1.807, 2.05) is 7.05 Å². The molecule has 1 N–H and O–H groups in total. The number of hydrogen-bond donors (Lipinski definition) is 1. The van der Waals surface area contributed by atoms with Gasteiger partial charge in [-0.1, -0.05) is 34.1 Å². The van der Waals surface area contributed by atoms with Crippen LogP contribution in [0.5, 0.6) is 0 Å². The molecule has 2 rings (SSSR count). The Morgan fingerprint density at radius 2 is 2.06 bits per heavy atom. The van der Waals surface area contributed by atoms with Gasteiger partial charge in [-0.05, 0) is 52.5 Å². The molecule has 0 bridgehead atoms. The summed E-state index contributed by atoms with van der Waals surface area (Å²) in [5.41, 5.74) is 2.59. The summed E-state index contributed by atoms with van der Waals surface area (Å²) in [6.45, 7) is 2.13. The summed E-state index contributed by atoms with van der Waals surface area (Å²) in [6, 6.07) is 8.86. The van der Waals surface area contributed by atoms with Crippen LogP contribution in [0.25, 0.3) is 0 Å². The summed E-state index contributed by atoms with van der Waals surface area (Å²) in [4.78, 5) is 1.38. The molecule has 1 heterocycles. The van der Waals surface area contributed by atoms with Crippen LogP contribution in [0.2, 0.25) is 0 Å². The fraction of sp³-hybridized carbons (Fsp3) is 0.286. The normalized spacial score (nSPS) is 12.7. The van der Waals surface area contributed by atoms with Crippen LogP contribution < -0.4 is 5.32 Å². The molecule has 0 fully saturated rings. The minimum Gasteiger partial charge on any atom is -0.313 e. The Kier molecular flexibility index (Phi) is 5.01. The first-order valence-corrected chi connectivity index (χ1v) is 8.24. The van der Waals surface area contributed by atoms with Crippen LogP contribution in [-0.2, 0) is 6.42 Å². The molecule has 1 aromatic carbocycles. The zero-order valence-corrected chi connectivity index (χ0v) is 14.3. The third kappa shape index (κ3) is 3.05. The van der Waals surface area contributed by atoms with Crippen molar-refractivity contribution >= 4 is 43.2 Å². The van der Waals surface area contributed by atoms with Gasteiger partial charge in [-0.25, -0.2) is 0 Å². The van der Waals surface area contributed by atoms with Crippen LogP contribution in [0, 0.1) is 6.92 Å². The first kappa shape index (κ1) is 14.3. The number of benzene rings is 1. The molecule has 0 aliphatic carbocycles. The van der Waals surface area contributed by atoms with Crippen molar-refractivity contribution in [3.05, 3.63) is 54.6 Å². The Hall–Kier alpha value is -0.160. The Balaban J connectivity index is 2.29. The maximum atomic E-state index is 3.70. The fourth-order valence-corrected chi connectivity index (χ4v) is 4.06. The highest BCUT2D eigenvalue weighted by atomic mass is 79.9. The molecule has 1 atom stereocenters. The highest BCUT2D eigenvalue weighted by Gasteiger charge is 2.16. The molecule has 0 aliphatic heterocycles. The molecule has 4 heteroatoms. The van der Waals surface area contributed by atoms with E-state index in [-0.39, 0.29) is 0 Å². The summed E-state index contributed by atoms with van der Waals surface area (Å²) in [6.07, 6.45) is 0.997. The van der Waals surface area contributed by atoms with E-state index in [0.717, 1.165) is 6.42 Å². The smallest absolute Gasteiger partial charge is 0.0378 e. The van der Waals surface area contributed by atoms with Gasteiger partial charge < -0.3 is 5.32 Å². The summed E-state index contributed by atoms with van der Waals surface area (Å²) >= 11 is 9.09. The maximum Gasteiger partial charge on any atom is 0.0378 e. The Labute approximate surface area is 129 Å². The predicted molar refractivity (Wildman–Crippen MR) is 86.4 cm³/mol. The molecule has 1 aromatic heterocycles. The van der Waals surface area contributed by atoms with E-state index >= 15 is 0 Å². The number of likely N-dealkylation sites (N-methyl/N-ethyl adjacent to an activating group) is 1. The second-order valence-electron chi connectivity index (χ2n) is 4.22. The number of halogens is 2. The second-order valence-corrected chi connectivity index (χ2v) is 6.86. The predicted octanol–water partition coefficient (Wildman–Crippen LogP) is 5.08. The molecule has 0 aliphatic rings. The Morgan fingerprint density at radius 3 is 2.67 bits per heavy atom. The van der Waals surface area contributed by atoms with Crippen LogP contribution in [0.1, 0.15) is 22.0 Å². The standard InChI is InChI=1S/C14H15Br2NS/c1-9-4-3-5-10(14(9)16)12(17-2)8-13-11(15)6-7-18-13/h3-7,12,17H,8H2,1-2H3. The van der Waals surface area contributed by atoms with Gasteiger partial charge in [-0.2, -0.15) is 0 Å². The fourth-order valence-electron chi connectivity index (χ4n) is 1.96. The summed E-state index contributed by atoms with van der Waals surface area (Å²) < 4.78 is 2.41. The van der Waals surface area contributed by atoms with Crippen molar-refractivity contribution in [1.29, 1.82) is 0 Å². The largest absolute Gasteiger partial charge is 0.313 e. The van der Waals surface area contributed by atoms with Crippen molar-refractivity contribution < 1.29 is 0 Å². The molecule has 1 unspecified atom stereocenters. The van der Waals surface area contributed by atoms with Crippen LogP contribution in [0.4, 0.5) is 0 Å². The van der Waals surface area contributed by atoms with E-state index < -0.39 is 0 Å². The lowest BCUT2D eigenvalue weighted by atomic mass is 10.0. The van der Waals surface area contributed by atoms with Gasteiger partial charge in [0.05, 0.1) is 0 Å². The Morgan fingerprint density at radius 1 is 1.28 bits per heavy atom. The lowest BCUT2D eigenvalue weighted by molar-refractivity contribution is 0.593. The van der Waals surface area contributed by atoms with Crippen molar-refractivity contribution in [1.82, 2.24) is 5.32 Å². The first-order chi connectivity index (χ1) is 8.63. The number of hydrogen-bond acceptors (Lipinski definition) is 2. The van der Waals surface area contributed by atoms with E-state index in [4.69, 9.17) is 0 Å². The van der Waals surface area contributed by atoms with Crippen molar-refractivity contribution in [2.24, 2.45) is 0 Å². The highest BCUT2D eigenvalue weighted by Crippen LogP contribution is 2.32. The van der Waals surface area contributed by atoms with Gasteiger partial charge in [0, 0.05) is 26.3 Å². The van der Waals surface area contributed by atoms with Crippen LogP contribution in [0.3, 0.4) is 0 Å². The summed E-state index contributed by atoms with van der Waals surface area (Å²) in [7, 11) is 2.01. The molecule has 18 heavy (non-hydrogen) atoms. The average Bonchev–Trinajstić information content (AvgIpc) is 2.76. The average molecular weight is 389 g/mol. The maximum absolute atomic E-state index is 3.70. The molecule has 0 saturated carbocycles. The van der Waals surface area contributed by atoms with Crippen molar-refractivity contribution in [2.45, 2.75) is 19.4 Å². The van der Waals surface area contributed by atoms with Gasteiger partial charge in [0.1, 0.15) is 0 Å². The van der Waals surface area contributed by atoms with E-state index in [2.05, 4.69) is 73.7 Å². The van der Waals surface area contributed by atoms with Crippen molar-refractivity contribution in [3.8, 4) is 0 Å². The van der Waals surface area contributed by atoms with Gasteiger partial charge >= 0.3 is 0 Å². The zero-order valence-electron chi connectivity index (χ0n) is 10.3. The molecular weight excluding hydrogens is 374 g/mol. The second kappa shape index (κ2) is 6.33. The number of thiophene rings is 1. The number of rotatable bonds is 4. The van der Waals surface area contributed by atoms with Gasteiger partial charge in [-0.15, -0.1) is 11.3 Å². The molecular formula is C14H15Br2NS. The van der Waals surface area contributed by atoms with Gasteiger partial charge in [-0.3, -0.25) is 0 Å². The topological polar surface area (TPSA) is 12.0 Å².